The van der Waals surface area contributed by atoms with Crippen molar-refractivity contribution < 1.29 is 9.53 Å². The predicted octanol–water partition coefficient (Wildman–Crippen LogP) is 3.19. The van der Waals surface area contributed by atoms with Crippen molar-refractivity contribution in [3.8, 4) is 11.1 Å². The van der Waals surface area contributed by atoms with Gasteiger partial charge < -0.3 is 4.74 Å². The van der Waals surface area contributed by atoms with E-state index >= 15 is 0 Å². The lowest BCUT2D eigenvalue weighted by atomic mass is 10.1. The highest BCUT2D eigenvalue weighted by atomic mass is 35.5. The summed E-state index contributed by atoms with van der Waals surface area (Å²) in [6.07, 6.45) is 1.69. The topological polar surface area (TPSA) is 39.2 Å². The van der Waals surface area contributed by atoms with Crippen LogP contribution in [-0.4, -0.2) is 18.1 Å². The monoisotopic (exact) mass is 247 g/mol. The number of benzene rings is 1. The fourth-order valence-corrected chi connectivity index (χ4v) is 1.57. The average Bonchev–Trinajstić information content (AvgIpc) is 2.39. The highest BCUT2D eigenvalue weighted by Gasteiger charge is 2.05. The number of methoxy groups -OCH3 is 1. The summed E-state index contributed by atoms with van der Waals surface area (Å²) in [4.78, 5) is 15.3. The molecule has 2 rings (SSSR count). The first-order valence-corrected chi connectivity index (χ1v) is 5.39. The Hall–Kier alpha value is -1.87. The van der Waals surface area contributed by atoms with Crippen LogP contribution in [0.2, 0.25) is 5.15 Å². The molecular weight excluding hydrogens is 238 g/mol. The summed E-state index contributed by atoms with van der Waals surface area (Å²) >= 11 is 5.71. The normalized spacial score (nSPS) is 10.0. The lowest BCUT2D eigenvalue weighted by Gasteiger charge is -2.03. The minimum atomic E-state index is -0.342. The third-order valence-corrected chi connectivity index (χ3v) is 2.59. The van der Waals surface area contributed by atoms with Crippen molar-refractivity contribution in [3.63, 3.8) is 0 Å². The van der Waals surface area contributed by atoms with Gasteiger partial charge in [0.1, 0.15) is 5.15 Å². The van der Waals surface area contributed by atoms with Crippen LogP contribution in [0.5, 0.6) is 0 Å². The zero-order valence-electron chi connectivity index (χ0n) is 9.18. The fourth-order valence-electron chi connectivity index (χ4n) is 1.46. The number of nitrogens with zero attached hydrogens (tertiary/aromatic N) is 1. The number of carbonyl (C=O) groups is 1. The van der Waals surface area contributed by atoms with Crippen LogP contribution in [0.3, 0.4) is 0 Å². The number of halogens is 1. The van der Waals surface area contributed by atoms with E-state index in [1.807, 2.05) is 18.2 Å². The van der Waals surface area contributed by atoms with Crippen molar-refractivity contribution in [2.45, 2.75) is 0 Å². The Bertz CT molecular complexity index is 520. The number of esters is 1. The SMILES string of the molecule is COC(=O)c1ccc(-c2ccc(Cl)nc2)cc1. The molecule has 0 bridgehead atoms. The Morgan fingerprint density at radius 2 is 1.76 bits per heavy atom. The molecule has 2 aromatic rings. The average molecular weight is 248 g/mol. The van der Waals surface area contributed by atoms with E-state index in [1.54, 1.807) is 24.4 Å². The zero-order valence-corrected chi connectivity index (χ0v) is 9.94. The molecule has 3 nitrogen and oxygen atoms in total. The molecule has 0 aliphatic heterocycles. The van der Waals surface area contributed by atoms with Crippen LogP contribution in [0.1, 0.15) is 10.4 Å². The summed E-state index contributed by atoms with van der Waals surface area (Å²) in [5.41, 5.74) is 2.45. The second kappa shape index (κ2) is 4.97. The molecule has 0 amide bonds. The van der Waals surface area contributed by atoms with Gasteiger partial charge in [0.15, 0.2) is 0 Å². The number of ether oxygens (including phenoxy) is 1. The van der Waals surface area contributed by atoms with Crippen LogP contribution >= 0.6 is 11.6 Å². The van der Waals surface area contributed by atoms with Crippen molar-refractivity contribution >= 4 is 17.6 Å². The number of hydrogen-bond donors (Lipinski definition) is 0. The molecule has 86 valence electrons. The summed E-state index contributed by atoms with van der Waals surface area (Å²) in [6.45, 7) is 0. The van der Waals surface area contributed by atoms with Gasteiger partial charge in [-0.25, -0.2) is 9.78 Å². The lowest BCUT2D eigenvalue weighted by molar-refractivity contribution is 0.0601. The molecule has 17 heavy (non-hydrogen) atoms. The molecule has 0 saturated carbocycles. The molecule has 0 aliphatic carbocycles. The van der Waals surface area contributed by atoms with Crippen molar-refractivity contribution in [1.29, 1.82) is 0 Å². The summed E-state index contributed by atoms with van der Waals surface area (Å²) < 4.78 is 4.63. The van der Waals surface area contributed by atoms with Crippen LogP contribution in [0.15, 0.2) is 42.6 Å². The van der Waals surface area contributed by atoms with Gasteiger partial charge in [-0.15, -0.1) is 0 Å². The maximum Gasteiger partial charge on any atom is 0.337 e. The molecule has 1 aromatic carbocycles. The summed E-state index contributed by atoms with van der Waals surface area (Å²) in [7, 11) is 1.36. The van der Waals surface area contributed by atoms with Crippen molar-refractivity contribution in [2.75, 3.05) is 7.11 Å². The van der Waals surface area contributed by atoms with Gasteiger partial charge in [0.2, 0.25) is 0 Å². The van der Waals surface area contributed by atoms with Crippen LogP contribution in [-0.2, 0) is 4.74 Å². The van der Waals surface area contributed by atoms with Gasteiger partial charge in [-0.3, -0.25) is 0 Å². The molecule has 1 aromatic heterocycles. The first kappa shape index (κ1) is 11.6. The fraction of sp³-hybridized carbons (Fsp3) is 0.0769. The van der Waals surface area contributed by atoms with Crippen LogP contribution < -0.4 is 0 Å². The maximum absolute atomic E-state index is 11.3. The molecule has 0 aliphatic rings. The van der Waals surface area contributed by atoms with E-state index in [1.165, 1.54) is 7.11 Å². The van der Waals surface area contributed by atoms with Crippen LogP contribution in [0, 0.1) is 0 Å². The quantitative estimate of drug-likeness (QED) is 0.604. The smallest absolute Gasteiger partial charge is 0.337 e. The van der Waals surface area contributed by atoms with Gasteiger partial charge in [-0.05, 0) is 29.8 Å². The van der Waals surface area contributed by atoms with E-state index in [4.69, 9.17) is 11.6 Å². The third-order valence-electron chi connectivity index (χ3n) is 2.37. The molecule has 4 heteroatoms. The van der Waals surface area contributed by atoms with Crippen molar-refractivity contribution in [3.05, 3.63) is 53.3 Å². The van der Waals surface area contributed by atoms with Gasteiger partial charge in [0.05, 0.1) is 12.7 Å². The molecular formula is C13H10ClNO2. The summed E-state index contributed by atoms with van der Waals surface area (Å²) in [5.74, 6) is -0.342. The van der Waals surface area contributed by atoms with Crippen LogP contribution in [0.4, 0.5) is 0 Å². The molecule has 0 unspecified atom stereocenters. The second-order valence-corrected chi connectivity index (χ2v) is 3.83. The third kappa shape index (κ3) is 2.63. The first-order chi connectivity index (χ1) is 8.20. The maximum atomic E-state index is 11.3. The molecule has 0 N–H and O–H groups in total. The standard InChI is InChI=1S/C13H10ClNO2/c1-17-13(16)10-4-2-9(3-5-10)11-6-7-12(14)15-8-11/h2-8H,1H3. The van der Waals surface area contributed by atoms with E-state index < -0.39 is 0 Å². The minimum Gasteiger partial charge on any atom is -0.465 e. The van der Waals surface area contributed by atoms with E-state index in [0.29, 0.717) is 10.7 Å². The number of aromatic nitrogens is 1. The Kier molecular flexibility index (Phi) is 3.40. The first-order valence-electron chi connectivity index (χ1n) is 5.01. The second-order valence-electron chi connectivity index (χ2n) is 3.44. The molecule has 0 saturated heterocycles. The highest BCUT2D eigenvalue weighted by Crippen LogP contribution is 2.20. The van der Waals surface area contributed by atoms with Gasteiger partial charge in [0, 0.05) is 11.8 Å². The molecule has 0 spiro atoms. The Morgan fingerprint density at radius 3 is 2.29 bits per heavy atom. The summed E-state index contributed by atoms with van der Waals surface area (Å²) in [6, 6.07) is 10.7. The van der Waals surface area contributed by atoms with E-state index in [9.17, 15) is 4.79 Å². The van der Waals surface area contributed by atoms with Gasteiger partial charge >= 0.3 is 5.97 Å². The predicted molar refractivity (Wildman–Crippen MR) is 66.0 cm³/mol. The van der Waals surface area contributed by atoms with Gasteiger partial charge in [-0.2, -0.15) is 0 Å². The van der Waals surface area contributed by atoms with Crippen molar-refractivity contribution in [2.24, 2.45) is 0 Å². The zero-order chi connectivity index (χ0) is 12.3. The van der Waals surface area contributed by atoms with Crippen molar-refractivity contribution in [1.82, 2.24) is 4.98 Å². The molecule has 1 heterocycles. The Labute approximate surface area is 104 Å². The lowest BCUT2D eigenvalue weighted by Crippen LogP contribution is -2.00. The van der Waals surface area contributed by atoms with E-state index in [-0.39, 0.29) is 5.97 Å². The number of pyridine rings is 1. The number of hydrogen-bond acceptors (Lipinski definition) is 3. The summed E-state index contributed by atoms with van der Waals surface area (Å²) in [5, 5.41) is 0.458. The molecule has 0 radical (unpaired) electrons. The molecule has 0 atom stereocenters. The minimum absolute atomic E-state index is 0.342. The van der Waals surface area contributed by atoms with Gasteiger partial charge in [0.25, 0.3) is 0 Å². The van der Waals surface area contributed by atoms with Crippen LogP contribution in [0.25, 0.3) is 11.1 Å². The number of rotatable bonds is 2. The molecule has 0 fully saturated rings. The highest BCUT2D eigenvalue weighted by molar-refractivity contribution is 6.29. The Morgan fingerprint density at radius 1 is 1.12 bits per heavy atom. The van der Waals surface area contributed by atoms with Gasteiger partial charge in [-0.1, -0.05) is 23.7 Å². The Balaban J connectivity index is 2.29. The van der Waals surface area contributed by atoms with E-state index in [2.05, 4.69) is 9.72 Å². The largest absolute Gasteiger partial charge is 0.465 e. The number of carbonyl (C=O) groups excluding carboxylic acids is 1. The van der Waals surface area contributed by atoms with E-state index in [0.717, 1.165) is 11.1 Å².